The maximum Gasteiger partial charge on any atom is 0.313 e. The van der Waals surface area contributed by atoms with E-state index >= 15 is 0 Å². The molecule has 23 heavy (non-hydrogen) atoms. The molecular formula is C17H24ClN3O2. The maximum atomic E-state index is 12.1. The average molecular weight is 338 g/mol. The lowest BCUT2D eigenvalue weighted by atomic mass is 9.79. The second-order valence-corrected chi connectivity index (χ2v) is 7.87. The third kappa shape index (κ3) is 5.22. The number of hydrogen-bond acceptors (Lipinski definition) is 3. The van der Waals surface area contributed by atoms with Crippen LogP contribution in [0.25, 0.3) is 0 Å². The fourth-order valence-electron chi connectivity index (χ4n) is 3.43. The van der Waals surface area contributed by atoms with Gasteiger partial charge in [-0.05, 0) is 58.7 Å². The molecule has 2 amide bonds. The van der Waals surface area contributed by atoms with Gasteiger partial charge < -0.3 is 16.0 Å². The summed E-state index contributed by atoms with van der Waals surface area (Å²) in [5, 5.41) is 9.45. The van der Waals surface area contributed by atoms with Crippen LogP contribution in [0.1, 0.15) is 40.5 Å². The number of anilines is 1. The summed E-state index contributed by atoms with van der Waals surface area (Å²) in [6.45, 7) is 8.39. The molecule has 0 aliphatic carbocycles. The average Bonchev–Trinajstić information content (AvgIpc) is 2.34. The molecule has 1 aliphatic rings. The first-order chi connectivity index (χ1) is 10.6. The quantitative estimate of drug-likeness (QED) is 0.727. The van der Waals surface area contributed by atoms with E-state index < -0.39 is 11.8 Å². The molecule has 1 heterocycles. The van der Waals surface area contributed by atoms with Crippen molar-refractivity contribution in [3.05, 3.63) is 29.3 Å². The van der Waals surface area contributed by atoms with Crippen molar-refractivity contribution in [2.45, 2.75) is 57.7 Å². The van der Waals surface area contributed by atoms with Crippen LogP contribution in [0.5, 0.6) is 0 Å². The van der Waals surface area contributed by atoms with Crippen LogP contribution >= 0.6 is 11.6 Å². The Kier molecular flexibility index (Phi) is 5.01. The lowest BCUT2D eigenvalue weighted by molar-refractivity contribution is -0.137. The minimum Gasteiger partial charge on any atom is -0.345 e. The Hall–Kier alpha value is -1.59. The van der Waals surface area contributed by atoms with Gasteiger partial charge >= 0.3 is 11.8 Å². The molecule has 1 saturated heterocycles. The molecule has 1 aromatic carbocycles. The molecule has 5 nitrogen and oxygen atoms in total. The van der Waals surface area contributed by atoms with Crippen molar-refractivity contribution in [3.63, 3.8) is 0 Å². The number of carbonyl (C=O) groups is 2. The smallest absolute Gasteiger partial charge is 0.313 e. The molecule has 0 saturated carbocycles. The van der Waals surface area contributed by atoms with E-state index in [0.717, 1.165) is 12.8 Å². The van der Waals surface area contributed by atoms with Gasteiger partial charge in [-0.2, -0.15) is 0 Å². The van der Waals surface area contributed by atoms with Crippen molar-refractivity contribution in [2.75, 3.05) is 5.32 Å². The van der Waals surface area contributed by atoms with E-state index in [4.69, 9.17) is 11.6 Å². The number of halogens is 1. The minimum atomic E-state index is -0.679. The molecule has 0 spiro atoms. The molecular weight excluding hydrogens is 314 g/mol. The van der Waals surface area contributed by atoms with E-state index in [2.05, 4.69) is 43.6 Å². The maximum absolute atomic E-state index is 12.1. The molecule has 0 atom stereocenters. The number of nitrogens with one attached hydrogen (secondary N) is 3. The first kappa shape index (κ1) is 17.8. The van der Waals surface area contributed by atoms with E-state index in [-0.39, 0.29) is 17.1 Å². The molecule has 0 unspecified atom stereocenters. The summed E-state index contributed by atoms with van der Waals surface area (Å²) in [5.41, 5.74) is 0.315. The van der Waals surface area contributed by atoms with E-state index in [0.29, 0.717) is 10.7 Å². The van der Waals surface area contributed by atoms with Crippen molar-refractivity contribution >= 4 is 29.1 Å². The van der Waals surface area contributed by atoms with Crippen LogP contribution in [0.2, 0.25) is 5.02 Å². The lowest BCUT2D eigenvalue weighted by Gasteiger charge is -2.46. The topological polar surface area (TPSA) is 70.2 Å². The fraction of sp³-hybridized carbons (Fsp3) is 0.529. The molecule has 2 rings (SSSR count). The molecule has 1 fully saturated rings. The Morgan fingerprint density at radius 2 is 1.74 bits per heavy atom. The van der Waals surface area contributed by atoms with Crippen LogP contribution in [0.4, 0.5) is 5.69 Å². The predicted molar refractivity (Wildman–Crippen MR) is 92.5 cm³/mol. The first-order valence-electron chi connectivity index (χ1n) is 7.73. The standard InChI is InChI=1S/C17H24ClN3O2/c1-16(2)9-13(10-17(3,4)21-16)20-15(23)14(22)19-12-7-5-6-11(18)8-12/h5-8,13,21H,9-10H2,1-4H3,(H,19,22)(H,20,23). The second kappa shape index (κ2) is 6.49. The van der Waals surface area contributed by atoms with Crippen LogP contribution in [-0.2, 0) is 9.59 Å². The van der Waals surface area contributed by atoms with E-state index in [1.165, 1.54) is 0 Å². The SMILES string of the molecule is CC1(C)CC(NC(=O)C(=O)Nc2cccc(Cl)c2)CC(C)(C)N1. The number of carbonyl (C=O) groups excluding carboxylic acids is 2. The van der Waals surface area contributed by atoms with Crippen LogP contribution < -0.4 is 16.0 Å². The first-order valence-corrected chi connectivity index (χ1v) is 8.11. The van der Waals surface area contributed by atoms with Crippen LogP contribution in [0.3, 0.4) is 0 Å². The summed E-state index contributed by atoms with van der Waals surface area (Å²) in [7, 11) is 0. The minimum absolute atomic E-state index is 0.0427. The van der Waals surface area contributed by atoms with Gasteiger partial charge in [0.2, 0.25) is 0 Å². The van der Waals surface area contributed by atoms with Gasteiger partial charge in [-0.25, -0.2) is 0 Å². The number of piperidine rings is 1. The van der Waals surface area contributed by atoms with Gasteiger partial charge in [0.25, 0.3) is 0 Å². The van der Waals surface area contributed by atoms with E-state index in [9.17, 15) is 9.59 Å². The highest BCUT2D eigenvalue weighted by atomic mass is 35.5. The molecule has 3 N–H and O–H groups in total. The molecule has 0 radical (unpaired) electrons. The van der Waals surface area contributed by atoms with E-state index in [1.54, 1.807) is 24.3 Å². The molecule has 6 heteroatoms. The Bertz CT molecular complexity index is 598. The Balaban J connectivity index is 1.97. The summed E-state index contributed by atoms with van der Waals surface area (Å²) < 4.78 is 0. The zero-order valence-electron chi connectivity index (χ0n) is 14.0. The third-order valence-corrected chi connectivity index (χ3v) is 4.05. The largest absolute Gasteiger partial charge is 0.345 e. The summed E-state index contributed by atoms with van der Waals surface area (Å²) in [5.74, 6) is -1.30. The molecule has 0 bridgehead atoms. The van der Waals surface area contributed by atoms with Crippen LogP contribution in [0, 0.1) is 0 Å². The van der Waals surface area contributed by atoms with Crippen LogP contribution in [0.15, 0.2) is 24.3 Å². The normalized spacial score (nSPS) is 19.9. The summed E-state index contributed by atoms with van der Waals surface area (Å²) >= 11 is 5.87. The number of amides is 2. The van der Waals surface area contributed by atoms with Crippen molar-refractivity contribution in [2.24, 2.45) is 0 Å². The fourth-order valence-corrected chi connectivity index (χ4v) is 3.62. The van der Waals surface area contributed by atoms with Crippen molar-refractivity contribution in [1.82, 2.24) is 10.6 Å². The predicted octanol–water partition coefficient (Wildman–Crippen LogP) is 2.70. The summed E-state index contributed by atoms with van der Waals surface area (Å²) in [6.07, 6.45) is 1.54. The zero-order valence-corrected chi connectivity index (χ0v) is 14.8. The Labute approximate surface area is 142 Å². The van der Waals surface area contributed by atoms with Crippen molar-refractivity contribution < 1.29 is 9.59 Å². The molecule has 126 valence electrons. The van der Waals surface area contributed by atoms with Gasteiger partial charge in [0.05, 0.1) is 0 Å². The summed E-state index contributed by atoms with van der Waals surface area (Å²) in [6, 6.07) is 6.67. The Morgan fingerprint density at radius 1 is 1.13 bits per heavy atom. The molecule has 1 aromatic rings. The van der Waals surface area contributed by atoms with Gasteiger partial charge in [0.1, 0.15) is 0 Å². The van der Waals surface area contributed by atoms with Gasteiger partial charge in [0, 0.05) is 27.8 Å². The van der Waals surface area contributed by atoms with Gasteiger partial charge in [-0.15, -0.1) is 0 Å². The van der Waals surface area contributed by atoms with E-state index in [1.807, 2.05) is 0 Å². The van der Waals surface area contributed by atoms with Crippen molar-refractivity contribution in [1.29, 1.82) is 0 Å². The Morgan fingerprint density at radius 3 is 2.30 bits per heavy atom. The lowest BCUT2D eigenvalue weighted by Crippen LogP contribution is -2.62. The second-order valence-electron chi connectivity index (χ2n) is 7.44. The number of benzene rings is 1. The van der Waals surface area contributed by atoms with Gasteiger partial charge in [-0.3, -0.25) is 9.59 Å². The highest BCUT2D eigenvalue weighted by Crippen LogP contribution is 2.28. The highest BCUT2D eigenvalue weighted by molar-refractivity contribution is 6.40. The number of rotatable bonds is 2. The zero-order chi connectivity index (χ0) is 17.3. The van der Waals surface area contributed by atoms with Crippen molar-refractivity contribution in [3.8, 4) is 0 Å². The molecule has 1 aliphatic heterocycles. The van der Waals surface area contributed by atoms with Crippen LogP contribution in [-0.4, -0.2) is 28.9 Å². The third-order valence-electron chi connectivity index (χ3n) is 3.81. The monoisotopic (exact) mass is 337 g/mol. The molecule has 0 aromatic heterocycles. The number of hydrogen-bond donors (Lipinski definition) is 3. The van der Waals surface area contributed by atoms with Gasteiger partial charge in [-0.1, -0.05) is 17.7 Å². The highest BCUT2D eigenvalue weighted by Gasteiger charge is 2.38. The summed E-state index contributed by atoms with van der Waals surface area (Å²) in [4.78, 5) is 24.2. The van der Waals surface area contributed by atoms with Gasteiger partial charge in [0.15, 0.2) is 0 Å².